The Hall–Kier alpha value is -1.32. The van der Waals surface area contributed by atoms with Gasteiger partial charge in [-0.2, -0.15) is 0 Å². The van der Waals surface area contributed by atoms with Crippen LogP contribution in [0.4, 0.5) is 0 Å². The zero-order valence-corrected chi connectivity index (χ0v) is 21.4. The fraction of sp³-hybridized carbons (Fsp3) is 0.381. The van der Waals surface area contributed by atoms with E-state index in [0.717, 1.165) is 16.6 Å². The lowest BCUT2D eigenvalue weighted by Gasteiger charge is -2.44. The second-order valence-corrected chi connectivity index (χ2v) is 11.7. The van der Waals surface area contributed by atoms with Crippen LogP contribution in [0.2, 0.25) is 0 Å². The van der Waals surface area contributed by atoms with Crippen molar-refractivity contribution in [1.82, 2.24) is 20.1 Å². The molecule has 1 fully saturated rings. The van der Waals surface area contributed by atoms with Crippen LogP contribution in [0.15, 0.2) is 51.7 Å². The van der Waals surface area contributed by atoms with Gasteiger partial charge in [0.1, 0.15) is 6.17 Å². The summed E-state index contributed by atoms with van der Waals surface area (Å²) in [5.41, 5.74) is 1.47. The largest absolute Gasteiger partial charge is 0.348 e. The van der Waals surface area contributed by atoms with E-state index in [-0.39, 0.29) is 17.4 Å². The van der Waals surface area contributed by atoms with E-state index in [4.69, 9.17) is 47.0 Å². The second-order valence-electron chi connectivity index (χ2n) is 8.01. The Balaban J connectivity index is 1.47. The Kier molecular flexibility index (Phi) is 7.08. The summed E-state index contributed by atoms with van der Waals surface area (Å²) in [6, 6.07) is 12.2. The number of amides is 1. The minimum Gasteiger partial charge on any atom is -0.348 e. The van der Waals surface area contributed by atoms with Gasteiger partial charge in [0, 0.05) is 47.3 Å². The van der Waals surface area contributed by atoms with Crippen molar-refractivity contribution < 1.29 is 4.79 Å². The van der Waals surface area contributed by atoms with Gasteiger partial charge < -0.3 is 20.1 Å². The van der Waals surface area contributed by atoms with E-state index in [9.17, 15) is 9.59 Å². The molecule has 170 valence electrons. The first kappa shape index (κ1) is 23.8. The number of nitrogens with zero attached hydrogens (tertiary/aromatic N) is 2. The third kappa shape index (κ3) is 5.25. The van der Waals surface area contributed by atoms with Gasteiger partial charge in [-0.05, 0) is 54.9 Å². The molecule has 0 saturated carbocycles. The molecule has 0 radical (unpaired) electrons. The van der Waals surface area contributed by atoms with E-state index in [0.29, 0.717) is 30.3 Å². The molecule has 1 aromatic carbocycles. The number of piperidine rings is 1. The molecule has 2 aliphatic rings. The van der Waals surface area contributed by atoms with Crippen molar-refractivity contribution in [3.8, 4) is 0 Å². The summed E-state index contributed by atoms with van der Waals surface area (Å²) in [5, 5.41) is 6.12. The Bertz CT molecular complexity index is 1090. The van der Waals surface area contributed by atoms with Crippen LogP contribution in [0.25, 0.3) is 0 Å². The average molecular weight is 579 g/mol. The lowest BCUT2D eigenvalue weighted by atomic mass is 9.83. The maximum atomic E-state index is 12.7. The van der Waals surface area contributed by atoms with Gasteiger partial charge in [0.25, 0.3) is 11.5 Å². The maximum Gasteiger partial charge on any atom is 0.252 e. The van der Waals surface area contributed by atoms with Gasteiger partial charge in [-0.3, -0.25) is 9.59 Å². The van der Waals surface area contributed by atoms with Crippen molar-refractivity contribution in [3.63, 3.8) is 0 Å². The predicted molar refractivity (Wildman–Crippen MR) is 135 cm³/mol. The minimum absolute atomic E-state index is 0.0262. The second kappa shape index (κ2) is 9.50. The van der Waals surface area contributed by atoms with Crippen LogP contribution in [0.3, 0.4) is 0 Å². The summed E-state index contributed by atoms with van der Waals surface area (Å²) in [5.74, 6) is 0.0670. The summed E-state index contributed by atoms with van der Waals surface area (Å²) < 4.78 is 0.876. The van der Waals surface area contributed by atoms with Crippen LogP contribution in [0, 0.1) is 5.92 Å². The van der Waals surface area contributed by atoms with Crippen LogP contribution in [0.1, 0.15) is 28.4 Å². The van der Waals surface area contributed by atoms with Gasteiger partial charge in [-0.25, -0.2) is 0 Å². The number of alkyl halides is 3. The first-order valence-corrected chi connectivity index (χ1v) is 12.3. The monoisotopic (exact) mass is 576 g/mol. The molecule has 11 heteroatoms. The van der Waals surface area contributed by atoms with Crippen molar-refractivity contribution in [2.75, 3.05) is 13.1 Å². The lowest BCUT2D eigenvalue weighted by molar-refractivity contribution is 0.0932. The van der Waals surface area contributed by atoms with Crippen LogP contribution in [-0.4, -0.2) is 43.5 Å². The van der Waals surface area contributed by atoms with Gasteiger partial charge in [0.2, 0.25) is 3.79 Å². The van der Waals surface area contributed by atoms with E-state index >= 15 is 0 Å². The number of likely N-dealkylation sites (tertiary alicyclic amines) is 1. The maximum absolute atomic E-state index is 12.7. The van der Waals surface area contributed by atoms with Crippen LogP contribution >= 0.6 is 63.0 Å². The molecule has 1 saturated heterocycles. The molecule has 6 nitrogen and oxygen atoms in total. The third-order valence-corrected chi connectivity index (χ3v) is 7.30. The number of nitrogens with one attached hydrogen (secondary N) is 2. The number of pyridine rings is 1. The van der Waals surface area contributed by atoms with E-state index in [1.165, 1.54) is 0 Å². The summed E-state index contributed by atoms with van der Waals surface area (Å²) >= 11 is 27.4. The number of rotatable bonds is 3. The van der Waals surface area contributed by atoms with E-state index in [1.54, 1.807) is 36.4 Å². The van der Waals surface area contributed by atoms with Crippen molar-refractivity contribution in [2.24, 2.45) is 5.92 Å². The number of hydrogen-bond acceptors (Lipinski definition) is 3. The number of thiocarbonyl (C=S) groups is 1. The number of fused-ring (bicyclic) bond motifs is 4. The van der Waals surface area contributed by atoms with Gasteiger partial charge in [-0.15, -0.1) is 0 Å². The number of aromatic nitrogens is 1. The molecule has 2 aromatic rings. The standard InChI is InChI=1S/C21H20BrCl3N4O2S/c22-15-6-4-13(5-7-15)18(31)26-19(21(23,24)25)27-20(32)28-9-12-8-14(11-28)16-2-1-3-17(30)29(16)10-12/h1-7,12,14,19H,8-11H2,(H,26,31)(H,27,32)/t12-,14+,19+/m1/s1. The van der Waals surface area contributed by atoms with Crippen LogP contribution in [-0.2, 0) is 6.54 Å². The molecule has 3 atom stereocenters. The summed E-state index contributed by atoms with van der Waals surface area (Å²) in [7, 11) is 0. The molecule has 1 amide bonds. The summed E-state index contributed by atoms with van der Waals surface area (Å²) in [6.45, 7) is 1.97. The molecule has 2 N–H and O–H groups in total. The molecule has 0 spiro atoms. The Morgan fingerprint density at radius 2 is 1.81 bits per heavy atom. The fourth-order valence-corrected chi connectivity index (χ4v) is 5.15. The Labute approximate surface area is 214 Å². The zero-order chi connectivity index (χ0) is 23.0. The predicted octanol–water partition coefficient (Wildman–Crippen LogP) is 4.03. The third-order valence-electron chi connectivity index (χ3n) is 5.74. The summed E-state index contributed by atoms with van der Waals surface area (Å²) in [4.78, 5) is 26.9. The first-order chi connectivity index (χ1) is 15.1. The highest BCUT2D eigenvalue weighted by atomic mass is 79.9. The SMILES string of the molecule is O=C(N[C@@H](NC(=S)N1C[C@H]2C[C@@H](C1)c1cccc(=O)n1C2)C(Cl)(Cl)Cl)c1ccc(Br)cc1. The first-order valence-electron chi connectivity index (χ1n) is 10.00. The molecule has 2 bridgehead atoms. The highest BCUT2D eigenvalue weighted by Crippen LogP contribution is 2.35. The molecular formula is C21H20BrCl3N4O2S. The quantitative estimate of drug-likeness (QED) is 0.327. The molecule has 32 heavy (non-hydrogen) atoms. The van der Waals surface area contributed by atoms with Crippen molar-refractivity contribution in [1.29, 1.82) is 0 Å². The topological polar surface area (TPSA) is 66.4 Å². The molecule has 2 aliphatic heterocycles. The van der Waals surface area contributed by atoms with E-state index in [2.05, 4.69) is 26.6 Å². The number of benzene rings is 1. The number of hydrogen-bond donors (Lipinski definition) is 2. The Morgan fingerprint density at radius 3 is 2.50 bits per heavy atom. The average Bonchev–Trinajstić information content (AvgIpc) is 2.73. The van der Waals surface area contributed by atoms with Crippen molar-refractivity contribution in [2.45, 2.75) is 28.8 Å². The van der Waals surface area contributed by atoms with Gasteiger partial charge in [0.15, 0.2) is 5.11 Å². The molecule has 0 unspecified atom stereocenters. The van der Waals surface area contributed by atoms with E-state index < -0.39 is 15.9 Å². The zero-order valence-electron chi connectivity index (χ0n) is 16.7. The molecular weight excluding hydrogens is 559 g/mol. The highest BCUT2D eigenvalue weighted by molar-refractivity contribution is 9.10. The fourth-order valence-electron chi connectivity index (χ4n) is 4.29. The van der Waals surface area contributed by atoms with Crippen molar-refractivity contribution in [3.05, 3.63) is 68.5 Å². The number of halogens is 4. The van der Waals surface area contributed by atoms with Crippen LogP contribution < -0.4 is 16.2 Å². The Morgan fingerprint density at radius 1 is 1.09 bits per heavy atom. The normalized spacial score (nSPS) is 20.8. The van der Waals surface area contributed by atoms with E-state index in [1.807, 2.05) is 15.5 Å². The minimum atomic E-state index is -1.83. The highest BCUT2D eigenvalue weighted by Gasteiger charge is 2.39. The summed E-state index contributed by atoms with van der Waals surface area (Å²) in [6.07, 6.45) is -0.0376. The van der Waals surface area contributed by atoms with Crippen LogP contribution in [0.5, 0.6) is 0 Å². The molecule has 4 rings (SSSR count). The lowest BCUT2D eigenvalue weighted by Crippen LogP contribution is -2.60. The molecule has 0 aliphatic carbocycles. The number of carbonyl (C=O) groups excluding carboxylic acids is 1. The number of carbonyl (C=O) groups is 1. The van der Waals surface area contributed by atoms with Gasteiger partial charge in [0.05, 0.1) is 0 Å². The van der Waals surface area contributed by atoms with Gasteiger partial charge >= 0.3 is 0 Å². The smallest absolute Gasteiger partial charge is 0.252 e. The van der Waals surface area contributed by atoms with Gasteiger partial charge in [-0.1, -0.05) is 56.8 Å². The molecule has 3 heterocycles. The molecule has 1 aromatic heterocycles. The van der Waals surface area contributed by atoms with Crippen molar-refractivity contribution >= 4 is 74.0 Å².